The van der Waals surface area contributed by atoms with Crippen LogP contribution in [-0.2, 0) is 0 Å². The molecule has 0 radical (unpaired) electrons. The van der Waals surface area contributed by atoms with Crippen molar-refractivity contribution in [2.45, 2.75) is 6.92 Å². The molecule has 0 atom stereocenters. The molecule has 6 aromatic carbocycles. The van der Waals surface area contributed by atoms with E-state index in [2.05, 4.69) is 168 Å². The van der Waals surface area contributed by atoms with Crippen LogP contribution in [0, 0.1) is 6.92 Å². The van der Waals surface area contributed by atoms with E-state index < -0.39 is 0 Å². The molecule has 8 rings (SSSR count). The van der Waals surface area contributed by atoms with E-state index in [0.717, 1.165) is 33.9 Å². The quantitative estimate of drug-likeness (QED) is 0.209. The number of aryl methyl sites for hydroxylation is 1. The lowest BCUT2D eigenvalue weighted by molar-refractivity contribution is 1.07. The Kier molecular flexibility index (Phi) is 6.01. The molecule has 0 fully saturated rings. The second-order valence-electron chi connectivity index (χ2n) is 10.9. The van der Waals surface area contributed by atoms with Gasteiger partial charge in [0.05, 0.1) is 28.6 Å². The third-order valence-electron chi connectivity index (χ3n) is 8.34. The molecular formula is C40H29N3. The Morgan fingerprint density at radius 2 is 1.05 bits per heavy atom. The zero-order valence-electron chi connectivity index (χ0n) is 23.9. The number of nitrogens with zero attached hydrogens (tertiary/aromatic N) is 3. The van der Waals surface area contributed by atoms with Crippen LogP contribution >= 0.6 is 0 Å². The lowest BCUT2D eigenvalue weighted by Crippen LogP contribution is -2.03. The molecule has 3 heteroatoms. The largest absolute Gasteiger partial charge is 0.309 e. The van der Waals surface area contributed by atoms with E-state index in [1.54, 1.807) is 0 Å². The van der Waals surface area contributed by atoms with Gasteiger partial charge in [0.15, 0.2) is 0 Å². The van der Waals surface area contributed by atoms with Crippen molar-refractivity contribution in [2.24, 2.45) is 0 Å². The summed E-state index contributed by atoms with van der Waals surface area (Å²) in [4.78, 5) is 5.06. The number of para-hydroxylation sites is 3. The number of rotatable bonds is 5. The van der Waals surface area contributed by atoms with Crippen LogP contribution in [0.3, 0.4) is 0 Å². The molecule has 8 aromatic rings. The predicted octanol–water partition coefficient (Wildman–Crippen LogP) is 10.3. The summed E-state index contributed by atoms with van der Waals surface area (Å²) in [5.74, 6) is 0.916. The van der Waals surface area contributed by atoms with Crippen LogP contribution in [0.4, 0.5) is 0 Å². The summed E-state index contributed by atoms with van der Waals surface area (Å²) in [5.41, 5.74) is 11.5. The van der Waals surface area contributed by atoms with Crippen molar-refractivity contribution in [1.29, 1.82) is 0 Å². The Balaban J connectivity index is 1.34. The fraction of sp³-hybridized carbons (Fsp3) is 0.0250. The second kappa shape index (κ2) is 10.3. The van der Waals surface area contributed by atoms with Crippen molar-refractivity contribution in [3.63, 3.8) is 0 Å². The Labute approximate surface area is 251 Å². The Morgan fingerprint density at radius 1 is 0.465 bits per heavy atom. The summed E-state index contributed by atoms with van der Waals surface area (Å²) in [5, 5.41) is 2.53. The van der Waals surface area contributed by atoms with E-state index in [9.17, 15) is 0 Å². The number of fused-ring (bicyclic) bond motifs is 3. The van der Waals surface area contributed by atoms with Gasteiger partial charge >= 0.3 is 0 Å². The molecule has 0 bridgehead atoms. The molecule has 0 N–H and O–H groups in total. The molecule has 0 amide bonds. The van der Waals surface area contributed by atoms with Gasteiger partial charge in [0.1, 0.15) is 5.82 Å². The molecule has 0 unspecified atom stereocenters. The molecule has 0 aliphatic carbocycles. The Morgan fingerprint density at radius 3 is 1.72 bits per heavy atom. The average Bonchev–Trinajstić information content (AvgIpc) is 3.66. The van der Waals surface area contributed by atoms with Gasteiger partial charge in [-0.25, -0.2) is 4.98 Å². The lowest BCUT2D eigenvalue weighted by Gasteiger charge is -2.18. The topological polar surface area (TPSA) is 22.8 Å². The van der Waals surface area contributed by atoms with Crippen molar-refractivity contribution in [2.75, 3.05) is 0 Å². The number of imidazole rings is 1. The van der Waals surface area contributed by atoms with Crippen molar-refractivity contribution in [3.8, 4) is 45.1 Å². The van der Waals surface area contributed by atoms with E-state index in [1.807, 2.05) is 6.20 Å². The van der Waals surface area contributed by atoms with Crippen LogP contribution < -0.4 is 0 Å². The monoisotopic (exact) mass is 551 g/mol. The predicted molar refractivity (Wildman–Crippen MR) is 179 cm³/mol. The smallest absolute Gasteiger partial charge is 0.145 e. The fourth-order valence-corrected chi connectivity index (χ4v) is 6.37. The van der Waals surface area contributed by atoms with Gasteiger partial charge in [-0.05, 0) is 54.4 Å². The van der Waals surface area contributed by atoms with Gasteiger partial charge in [-0.15, -0.1) is 0 Å². The van der Waals surface area contributed by atoms with Gasteiger partial charge < -0.3 is 4.57 Å². The van der Waals surface area contributed by atoms with Crippen LogP contribution in [0.15, 0.2) is 158 Å². The van der Waals surface area contributed by atoms with Crippen molar-refractivity contribution < 1.29 is 0 Å². The first-order valence-corrected chi connectivity index (χ1v) is 14.7. The minimum Gasteiger partial charge on any atom is -0.309 e. The molecule has 0 aliphatic rings. The summed E-state index contributed by atoms with van der Waals surface area (Å²) < 4.78 is 4.70. The fourth-order valence-electron chi connectivity index (χ4n) is 6.37. The number of benzene rings is 6. The van der Waals surface area contributed by atoms with Gasteiger partial charge in [-0.3, -0.25) is 4.57 Å². The maximum atomic E-state index is 5.06. The highest BCUT2D eigenvalue weighted by molar-refractivity contribution is 6.09. The average molecular weight is 552 g/mol. The Bertz CT molecular complexity index is 2180. The lowest BCUT2D eigenvalue weighted by atomic mass is 10.0. The minimum absolute atomic E-state index is 0.916. The third-order valence-corrected chi connectivity index (χ3v) is 8.34. The van der Waals surface area contributed by atoms with E-state index in [1.165, 1.54) is 38.6 Å². The van der Waals surface area contributed by atoms with Crippen molar-refractivity contribution >= 4 is 21.8 Å². The molecule has 43 heavy (non-hydrogen) atoms. The maximum absolute atomic E-state index is 5.06. The van der Waals surface area contributed by atoms with Gasteiger partial charge in [0, 0.05) is 33.2 Å². The SMILES string of the molecule is Cc1cc(-c2ncc(-c3ccccc3)n2-c2ccccc2-c2ccccc2)ccc1-n1c2ccccc2c2ccccc21. The first-order valence-electron chi connectivity index (χ1n) is 14.7. The van der Waals surface area contributed by atoms with E-state index >= 15 is 0 Å². The molecule has 204 valence electrons. The molecular weight excluding hydrogens is 522 g/mol. The summed E-state index contributed by atoms with van der Waals surface area (Å²) in [6, 6.07) is 53.8. The molecule has 2 heterocycles. The molecule has 0 saturated heterocycles. The summed E-state index contributed by atoms with van der Waals surface area (Å²) in [6.07, 6.45) is 2.00. The van der Waals surface area contributed by atoms with E-state index in [-0.39, 0.29) is 0 Å². The normalized spacial score (nSPS) is 11.4. The highest BCUT2D eigenvalue weighted by Gasteiger charge is 2.20. The van der Waals surface area contributed by atoms with Crippen molar-refractivity contribution in [3.05, 3.63) is 163 Å². The molecule has 0 aliphatic heterocycles. The highest BCUT2D eigenvalue weighted by atomic mass is 15.1. The van der Waals surface area contributed by atoms with Crippen molar-refractivity contribution in [1.82, 2.24) is 14.1 Å². The highest BCUT2D eigenvalue weighted by Crippen LogP contribution is 2.37. The van der Waals surface area contributed by atoms with Crippen LogP contribution in [0.5, 0.6) is 0 Å². The molecule has 3 nitrogen and oxygen atoms in total. The van der Waals surface area contributed by atoms with E-state index in [4.69, 9.17) is 4.98 Å². The standard InChI is InChI=1S/C40H29N3/c1-28-26-31(24-25-35(28)42-37-22-12-9-19-33(37)34-20-10-13-23-38(34)42)40-41-27-39(30-16-6-3-7-17-30)43(40)36-21-11-8-18-32(36)29-14-4-2-5-15-29/h2-27H,1H3. The van der Waals surface area contributed by atoms with Crippen LogP contribution in [-0.4, -0.2) is 14.1 Å². The van der Waals surface area contributed by atoms with Gasteiger partial charge in [-0.1, -0.05) is 115 Å². The molecule has 2 aromatic heterocycles. The van der Waals surface area contributed by atoms with Crippen LogP contribution in [0.1, 0.15) is 5.56 Å². The first kappa shape index (κ1) is 25.1. The zero-order chi connectivity index (χ0) is 28.8. The number of aromatic nitrogens is 3. The molecule has 0 saturated carbocycles. The summed E-state index contributed by atoms with van der Waals surface area (Å²) in [7, 11) is 0. The van der Waals surface area contributed by atoms with Gasteiger partial charge in [0.2, 0.25) is 0 Å². The number of hydrogen-bond donors (Lipinski definition) is 0. The third kappa shape index (κ3) is 4.17. The van der Waals surface area contributed by atoms with Crippen LogP contribution in [0.2, 0.25) is 0 Å². The first-order chi connectivity index (χ1) is 21.3. The zero-order valence-corrected chi connectivity index (χ0v) is 23.9. The molecule has 0 spiro atoms. The number of hydrogen-bond acceptors (Lipinski definition) is 1. The van der Waals surface area contributed by atoms with Gasteiger partial charge in [0.25, 0.3) is 0 Å². The summed E-state index contributed by atoms with van der Waals surface area (Å²) >= 11 is 0. The maximum Gasteiger partial charge on any atom is 0.145 e. The second-order valence-corrected chi connectivity index (χ2v) is 10.9. The summed E-state index contributed by atoms with van der Waals surface area (Å²) in [6.45, 7) is 2.20. The van der Waals surface area contributed by atoms with E-state index in [0.29, 0.717) is 0 Å². The van der Waals surface area contributed by atoms with Gasteiger partial charge in [-0.2, -0.15) is 0 Å². The Hall–Kier alpha value is -5.67. The van der Waals surface area contributed by atoms with Crippen LogP contribution in [0.25, 0.3) is 67.0 Å². The minimum atomic E-state index is 0.916.